The molecule has 0 amide bonds. The normalized spacial score (nSPS) is 40.0. The Hall–Kier alpha value is -0.530. The fourth-order valence-electron chi connectivity index (χ4n) is 3.73. The summed E-state index contributed by atoms with van der Waals surface area (Å²) in [4.78, 5) is 11.6. The fourth-order valence-corrected chi connectivity index (χ4v) is 3.73. The molecule has 2 aliphatic rings. The van der Waals surface area contributed by atoms with E-state index in [9.17, 15) is 4.79 Å². The highest BCUT2D eigenvalue weighted by atomic mass is 16.5. The molecule has 0 radical (unpaired) electrons. The Kier molecular flexibility index (Phi) is 2.80. The second-order valence-corrected chi connectivity index (χ2v) is 6.34. The van der Waals surface area contributed by atoms with Crippen LogP contribution in [0.3, 0.4) is 0 Å². The summed E-state index contributed by atoms with van der Waals surface area (Å²) >= 11 is 0. The minimum atomic E-state index is -0.00271. The van der Waals surface area contributed by atoms with Gasteiger partial charge in [0.1, 0.15) is 6.10 Å². The lowest BCUT2D eigenvalue weighted by atomic mass is 9.70. The molecule has 16 heavy (non-hydrogen) atoms. The van der Waals surface area contributed by atoms with Crippen molar-refractivity contribution in [3.05, 3.63) is 0 Å². The minimum Gasteiger partial charge on any atom is -0.462 e. The molecule has 2 saturated carbocycles. The van der Waals surface area contributed by atoms with E-state index >= 15 is 0 Å². The maximum atomic E-state index is 11.6. The van der Waals surface area contributed by atoms with Gasteiger partial charge in [0.15, 0.2) is 0 Å². The molecular weight excluding hydrogens is 200 g/mol. The molecule has 0 heterocycles. The van der Waals surface area contributed by atoms with E-state index in [0.29, 0.717) is 11.8 Å². The number of rotatable bonds is 3. The molecule has 92 valence electrons. The molecule has 2 rings (SSSR count). The zero-order valence-electron chi connectivity index (χ0n) is 11.0. The maximum absolute atomic E-state index is 11.6. The van der Waals surface area contributed by atoms with Gasteiger partial charge in [-0.05, 0) is 37.0 Å². The van der Waals surface area contributed by atoms with Gasteiger partial charge in [0.2, 0.25) is 0 Å². The van der Waals surface area contributed by atoms with Crippen molar-refractivity contribution in [1.82, 2.24) is 0 Å². The molecule has 2 heteroatoms. The smallest absolute Gasteiger partial charge is 0.306 e. The van der Waals surface area contributed by atoms with Crippen LogP contribution in [0.2, 0.25) is 0 Å². The van der Waals surface area contributed by atoms with E-state index in [2.05, 4.69) is 20.8 Å². The highest BCUT2D eigenvalue weighted by molar-refractivity contribution is 5.69. The zero-order valence-corrected chi connectivity index (χ0v) is 11.0. The number of carbonyl (C=O) groups is 1. The molecule has 0 N–H and O–H groups in total. The van der Waals surface area contributed by atoms with Crippen LogP contribution in [0.4, 0.5) is 0 Å². The Morgan fingerprint density at radius 2 is 2.06 bits per heavy atom. The highest BCUT2D eigenvalue weighted by Crippen LogP contribution is 2.66. The van der Waals surface area contributed by atoms with Gasteiger partial charge in [0.25, 0.3) is 0 Å². The third-order valence-corrected chi connectivity index (χ3v) is 5.44. The van der Waals surface area contributed by atoms with Crippen LogP contribution in [0.15, 0.2) is 0 Å². The van der Waals surface area contributed by atoms with Crippen molar-refractivity contribution in [2.75, 3.05) is 0 Å². The number of ether oxygens (including phenoxy) is 1. The van der Waals surface area contributed by atoms with E-state index in [1.807, 2.05) is 6.92 Å². The van der Waals surface area contributed by atoms with Crippen molar-refractivity contribution in [3.8, 4) is 0 Å². The van der Waals surface area contributed by atoms with Crippen molar-refractivity contribution < 1.29 is 9.53 Å². The fraction of sp³-hybridized carbons (Fsp3) is 0.929. The lowest BCUT2D eigenvalue weighted by Crippen LogP contribution is -2.38. The molecule has 2 aliphatic carbocycles. The van der Waals surface area contributed by atoms with Crippen LogP contribution in [0.1, 0.15) is 59.8 Å². The van der Waals surface area contributed by atoms with Gasteiger partial charge in [-0.25, -0.2) is 0 Å². The Bertz CT molecular complexity index is 295. The summed E-state index contributed by atoms with van der Waals surface area (Å²) in [5.41, 5.74) is 0.547. The Morgan fingerprint density at radius 1 is 1.38 bits per heavy atom. The number of hydrogen-bond acceptors (Lipinski definition) is 2. The van der Waals surface area contributed by atoms with Gasteiger partial charge < -0.3 is 4.74 Å². The van der Waals surface area contributed by atoms with Crippen LogP contribution in [-0.2, 0) is 9.53 Å². The molecule has 2 bridgehead atoms. The first-order chi connectivity index (χ1) is 7.41. The first kappa shape index (κ1) is 11.9. The van der Waals surface area contributed by atoms with Crippen molar-refractivity contribution in [2.24, 2.45) is 16.7 Å². The largest absolute Gasteiger partial charge is 0.462 e. The van der Waals surface area contributed by atoms with Crippen LogP contribution in [0.25, 0.3) is 0 Å². The summed E-state index contributed by atoms with van der Waals surface area (Å²) in [6.07, 6.45) is 5.23. The average Bonchev–Trinajstić information content (AvgIpc) is 2.51. The topological polar surface area (TPSA) is 26.3 Å². The highest BCUT2D eigenvalue weighted by Gasteiger charge is 2.62. The number of carbonyl (C=O) groups excluding carboxylic acids is 1. The molecule has 2 fully saturated rings. The molecular formula is C14H24O2. The SMILES string of the molecule is CCCC(=O)OC1C[C@H]2CC[C@@]1(C)C2(C)C. The monoisotopic (exact) mass is 224 g/mol. The maximum Gasteiger partial charge on any atom is 0.306 e. The standard InChI is InChI=1S/C14H24O2/c1-5-6-12(15)16-11-9-10-7-8-14(11,4)13(10,2)3/h10-11H,5-9H2,1-4H3/t10-,11?,14-/m1/s1. The second kappa shape index (κ2) is 3.75. The Morgan fingerprint density at radius 3 is 2.50 bits per heavy atom. The Balaban J connectivity index is 2.07. The first-order valence-electron chi connectivity index (χ1n) is 6.61. The van der Waals surface area contributed by atoms with E-state index < -0.39 is 0 Å². The summed E-state index contributed by atoms with van der Waals surface area (Å²) in [5, 5.41) is 0. The van der Waals surface area contributed by atoms with E-state index in [4.69, 9.17) is 4.74 Å². The van der Waals surface area contributed by atoms with Gasteiger partial charge in [0.05, 0.1) is 0 Å². The van der Waals surface area contributed by atoms with Crippen molar-refractivity contribution in [1.29, 1.82) is 0 Å². The summed E-state index contributed by atoms with van der Waals surface area (Å²) in [7, 11) is 0. The molecule has 0 aromatic rings. The van der Waals surface area contributed by atoms with Crippen molar-refractivity contribution in [3.63, 3.8) is 0 Å². The molecule has 0 aliphatic heterocycles. The first-order valence-corrected chi connectivity index (χ1v) is 6.61. The number of fused-ring (bicyclic) bond motifs is 2. The van der Waals surface area contributed by atoms with E-state index in [1.165, 1.54) is 12.8 Å². The third kappa shape index (κ3) is 1.49. The molecule has 0 aromatic heterocycles. The minimum absolute atomic E-state index is 0.00271. The van der Waals surface area contributed by atoms with Gasteiger partial charge in [0, 0.05) is 11.8 Å². The molecule has 0 aromatic carbocycles. The molecule has 0 spiro atoms. The summed E-state index contributed by atoms with van der Waals surface area (Å²) < 4.78 is 5.69. The van der Waals surface area contributed by atoms with Crippen LogP contribution in [0.5, 0.6) is 0 Å². The van der Waals surface area contributed by atoms with Gasteiger partial charge >= 0.3 is 5.97 Å². The second-order valence-electron chi connectivity index (χ2n) is 6.34. The van der Waals surface area contributed by atoms with Gasteiger partial charge in [-0.2, -0.15) is 0 Å². The van der Waals surface area contributed by atoms with Crippen LogP contribution < -0.4 is 0 Å². The predicted molar refractivity (Wildman–Crippen MR) is 64.0 cm³/mol. The van der Waals surface area contributed by atoms with Gasteiger partial charge in [-0.3, -0.25) is 4.79 Å². The van der Waals surface area contributed by atoms with Crippen LogP contribution in [-0.4, -0.2) is 12.1 Å². The number of hydrogen-bond donors (Lipinski definition) is 0. The quantitative estimate of drug-likeness (QED) is 0.685. The third-order valence-electron chi connectivity index (χ3n) is 5.44. The zero-order chi connectivity index (χ0) is 12.0. The summed E-state index contributed by atoms with van der Waals surface area (Å²) in [6, 6.07) is 0. The van der Waals surface area contributed by atoms with Crippen molar-refractivity contribution in [2.45, 2.75) is 65.9 Å². The van der Waals surface area contributed by atoms with Gasteiger partial charge in [-0.15, -0.1) is 0 Å². The Labute approximate surface area is 98.7 Å². The van der Waals surface area contributed by atoms with E-state index in [1.54, 1.807) is 0 Å². The van der Waals surface area contributed by atoms with E-state index in [0.717, 1.165) is 18.8 Å². The van der Waals surface area contributed by atoms with Crippen molar-refractivity contribution >= 4 is 5.97 Å². The molecule has 3 atom stereocenters. The number of esters is 1. The predicted octanol–water partition coefficient (Wildman–Crippen LogP) is 3.54. The lowest BCUT2D eigenvalue weighted by molar-refractivity contribution is -0.156. The lowest BCUT2D eigenvalue weighted by Gasteiger charge is -2.38. The van der Waals surface area contributed by atoms with E-state index in [-0.39, 0.29) is 17.5 Å². The van der Waals surface area contributed by atoms with Gasteiger partial charge in [-0.1, -0.05) is 27.7 Å². The average molecular weight is 224 g/mol. The van der Waals surface area contributed by atoms with Crippen LogP contribution >= 0.6 is 0 Å². The molecule has 2 nitrogen and oxygen atoms in total. The molecule has 1 unspecified atom stereocenters. The summed E-state index contributed by atoms with van der Waals surface area (Å²) in [6.45, 7) is 9.02. The summed E-state index contributed by atoms with van der Waals surface area (Å²) in [5.74, 6) is 0.744. The molecule has 0 saturated heterocycles. The van der Waals surface area contributed by atoms with Crippen LogP contribution in [0, 0.1) is 16.7 Å².